The second-order valence-electron chi connectivity index (χ2n) is 6.88. The quantitative estimate of drug-likeness (QED) is 0.450. The van der Waals surface area contributed by atoms with Gasteiger partial charge in [0.2, 0.25) is 11.8 Å². The van der Waals surface area contributed by atoms with Crippen LogP contribution in [0.3, 0.4) is 0 Å². The molecule has 0 aliphatic heterocycles. The smallest absolute Gasteiger partial charge is 0.242 e. The summed E-state index contributed by atoms with van der Waals surface area (Å²) in [6.45, 7) is 1.88. The van der Waals surface area contributed by atoms with Gasteiger partial charge in [-0.05, 0) is 28.5 Å². The number of thiophene rings is 2. The van der Waals surface area contributed by atoms with Crippen molar-refractivity contribution in [3.8, 4) is 0 Å². The van der Waals surface area contributed by atoms with E-state index < -0.39 is 0 Å². The lowest BCUT2D eigenvalue weighted by Crippen LogP contribution is -2.44. The van der Waals surface area contributed by atoms with Crippen LogP contribution in [0.15, 0.2) is 65.4 Å². The molecule has 0 bridgehead atoms. The van der Waals surface area contributed by atoms with Gasteiger partial charge in [0, 0.05) is 30.0 Å². The predicted molar refractivity (Wildman–Crippen MR) is 121 cm³/mol. The molecule has 5 nitrogen and oxygen atoms in total. The number of hydrogen-bond donors (Lipinski definition) is 0. The number of amides is 2. The van der Waals surface area contributed by atoms with Gasteiger partial charge >= 0.3 is 0 Å². The zero-order chi connectivity index (χ0) is 21.2. The zero-order valence-electron chi connectivity index (χ0n) is 17.0. The Balaban J connectivity index is 1.71. The third-order valence-electron chi connectivity index (χ3n) is 4.65. The van der Waals surface area contributed by atoms with Crippen LogP contribution in [0.1, 0.15) is 15.3 Å². The maximum atomic E-state index is 13.3. The highest BCUT2D eigenvalue weighted by molar-refractivity contribution is 7.10. The third kappa shape index (κ3) is 6.79. The van der Waals surface area contributed by atoms with Crippen LogP contribution in [0.2, 0.25) is 0 Å². The first-order chi connectivity index (χ1) is 14.7. The Morgan fingerprint density at radius 3 is 2.17 bits per heavy atom. The van der Waals surface area contributed by atoms with Crippen molar-refractivity contribution in [1.29, 1.82) is 0 Å². The number of ether oxygens (including phenoxy) is 1. The summed E-state index contributed by atoms with van der Waals surface area (Å²) in [6, 6.07) is 17.8. The van der Waals surface area contributed by atoms with E-state index in [1.165, 1.54) is 0 Å². The molecule has 3 aromatic rings. The lowest BCUT2D eigenvalue weighted by atomic mass is 10.2. The highest BCUT2D eigenvalue weighted by Crippen LogP contribution is 2.16. The molecule has 0 fully saturated rings. The molecule has 0 saturated heterocycles. The monoisotopic (exact) mass is 442 g/mol. The maximum absolute atomic E-state index is 13.3. The Morgan fingerprint density at radius 2 is 1.53 bits per heavy atom. The first-order valence-electron chi connectivity index (χ1n) is 9.79. The third-order valence-corrected chi connectivity index (χ3v) is 6.38. The molecule has 2 amide bonds. The SMILES string of the molecule is COCCN(CC(=O)N(Cc1ccccc1)Cc1cccs1)C(=O)Cc1cccs1. The second kappa shape index (κ2) is 11.6. The van der Waals surface area contributed by atoms with E-state index in [9.17, 15) is 9.59 Å². The van der Waals surface area contributed by atoms with E-state index in [0.717, 1.165) is 15.3 Å². The topological polar surface area (TPSA) is 49.9 Å². The molecule has 30 heavy (non-hydrogen) atoms. The highest BCUT2D eigenvalue weighted by atomic mass is 32.1. The van der Waals surface area contributed by atoms with E-state index in [1.807, 2.05) is 70.3 Å². The summed E-state index contributed by atoms with van der Waals surface area (Å²) in [5, 5.41) is 3.96. The van der Waals surface area contributed by atoms with Crippen LogP contribution in [-0.4, -0.2) is 48.4 Å². The predicted octanol–water partition coefficient (Wildman–Crippen LogP) is 4.06. The van der Waals surface area contributed by atoms with Gasteiger partial charge in [-0.3, -0.25) is 9.59 Å². The molecule has 0 radical (unpaired) electrons. The Bertz CT molecular complexity index is 896. The number of benzene rings is 1. The fourth-order valence-corrected chi connectivity index (χ4v) is 4.47. The molecule has 0 saturated carbocycles. The van der Waals surface area contributed by atoms with E-state index >= 15 is 0 Å². The Kier molecular flexibility index (Phi) is 8.62. The van der Waals surface area contributed by atoms with Crippen LogP contribution >= 0.6 is 22.7 Å². The van der Waals surface area contributed by atoms with Crippen LogP contribution in [0, 0.1) is 0 Å². The normalized spacial score (nSPS) is 10.7. The molecule has 0 aliphatic carbocycles. The molecular weight excluding hydrogens is 416 g/mol. The first-order valence-corrected chi connectivity index (χ1v) is 11.5. The average molecular weight is 443 g/mol. The molecule has 158 valence electrons. The fourth-order valence-electron chi connectivity index (χ4n) is 3.06. The summed E-state index contributed by atoms with van der Waals surface area (Å²) in [7, 11) is 1.60. The van der Waals surface area contributed by atoms with Crippen molar-refractivity contribution in [2.45, 2.75) is 19.5 Å². The van der Waals surface area contributed by atoms with Crippen molar-refractivity contribution in [1.82, 2.24) is 9.80 Å². The molecule has 0 atom stereocenters. The fraction of sp³-hybridized carbons (Fsp3) is 0.304. The number of carbonyl (C=O) groups excluding carboxylic acids is 2. The summed E-state index contributed by atoms with van der Waals surface area (Å²) in [5.41, 5.74) is 1.07. The molecule has 3 rings (SSSR count). The Morgan fingerprint density at radius 1 is 0.833 bits per heavy atom. The van der Waals surface area contributed by atoms with Gasteiger partial charge in [0.15, 0.2) is 0 Å². The van der Waals surface area contributed by atoms with Gasteiger partial charge in [0.25, 0.3) is 0 Å². The van der Waals surface area contributed by atoms with Gasteiger partial charge in [0.1, 0.15) is 0 Å². The highest BCUT2D eigenvalue weighted by Gasteiger charge is 2.22. The molecule has 0 aliphatic rings. The second-order valence-corrected chi connectivity index (χ2v) is 8.94. The summed E-state index contributed by atoms with van der Waals surface area (Å²) in [4.78, 5) is 31.7. The van der Waals surface area contributed by atoms with Crippen molar-refractivity contribution in [2.75, 3.05) is 26.8 Å². The molecule has 1 aromatic carbocycles. The van der Waals surface area contributed by atoms with Crippen LogP contribution in [-0.2, 0) is 33.8 Å². The van der Waals surface area contributed by atoms with Crippen molar-refractivity contribution in [3.63, 3.8) is 0 Å². The molecule has 0 spiro atoms. The van der Waals surface area contributed by atoms with Crippen molar-refractivity contribution < 1.29 is 14.3 Å². The summed E-state index contributed by atoms with van der Waals surface area (Å²) in [5.74, 6) is -0.124. The van der Waals surface area contributed by atoms with Crippen LogP contribution in [0.5, 0.6) is 0 Å². The molecule has 2 aromatic heterocycles. The van der Waals surface area contributed by atoms with E-state index in [0.29, 0.717) is 32.7 Å². The number of nitrogens with zero attached hydrogens (tertiary/aromatic N) is 2. The number of hydrogen-bond acceptors (Lipinski definition) is 5. The van der Waals surface area contributed by atoms with Crippen molar-refractivity contribution in [2.24, 2.45) is 0 Å². The van der Waals surface area contributed by atoms with Gasteiger partial charge in [-0.15, -0.1) is 22.7 Å². The molecule has 0 N–H and O–H groups in total. The van der Waals surface area contributed by atoms with E-state index in [4.69, 9.17) is 4.74 Å². The minimum Gasteiger partial charge on any atom is -0.383 e. The van der Waals surface area contributed by atoms with Gasteiger partial charge in [-0.25, -0.2) is 0 Å². The van der Waals surface area contributed by atoms with E-state index in [2.05, 4.69) is 0 Å². The van der Waals surface area contributed by atoms with E-state index in [1.54, 1.807) is 34.7 Å². The lowest BCUT2D eigenvalue weighted by Gasteiger charge is -2.27. The standard InChI is InChI=1S/C23H26N2O3S2/c1-28-12-11-24(22(26)15-20-9-5-13-29-20)18-23(27)25(17-21-10-6-14-30-21)16-19-7-3-2-4-8-19/h2-10,13-14H,11-12,15-18H2,1H3. The number of methoxy groups -OCH3 is 1. The summed E-state index contributed by atoms with van der Waals surface area (Å²) >= 11 is 3.18. The zero-order valence-corrected chi connectivity index (χ0v) is 18.7. The largest absolute Gasteiger partial charge is 0.383 e. The molecule has 2 heterocycles. The van der Waals surface area contributed by atoms with Gasteiger partial charge < -0.3 is 14.5 Å². The van der Waals surface area contributed by atoms with E-state index in [-0.39, 0.29) is 18.4 Å². The number of carbonyl (C=O) groups is 2. The maximum Gasteiger partial charge on any atom is 0.242 e. The average Bonchev–Trinajstić information content (AvgIpc) is 3.45. The van der Waals surface area contributed by atoms with Crippen LogP contribution in [0.4, 0.5) is 0 Å². The Hall–Kier alpha value is -2.48. The minimum atomic E-state index is -0.0668. The Labute approximate surface area is 185 Å². The van der Waals surface area contributed by atoms with Crippen LogP contribution < -0.4 is 0 Å². The van der Waals surface area contributed by atoms with Gasteiger partial charge in [-0.1, -0.05) is 42.5 Å². The van der Waals surface area contributed by atoms with Crippen molar-refractivity contribution >= 4 is 34.5 Å². The lowest BCUT2D eigenvalue weighted by molar-refractivity contribution is -0.141. The van der Waals surface area contributed by atoms with Crippen LogP contribution in [0.25, 0.3) is 0 Å². The molecular formula is C23H26N2O3S2. The van der Waals surface area contributed by atoms with Crippen molar-refractivity contribution in [3.05, 3.63) is 80.7 Å². The first kappa shape index (κ1) is 22.2. The minimum absolute atomic E-state index is 0.0474. The van der Waals surface area contributed by atoms with Gasteiger partial charge in [0.05, 0.1) is 26.1 Å². The molecule has 0 unspecified atom stereocenters. The number of rotatable bonds is 11. The van der Waals surface area contributed by atoms with Gasteiger partial charge in [-0.2, -0.15) is 0 Å². The summed E-state index contributed by atoms with van der Waals surface area (Å²) < 4.78 is 5.17. The summed E-state index contributed by atoms with van der Waals surface area (Å²) in [6.07, 6.45) is 0.304. The molecule has 7 heteroatoms.